The zero-order valence-corrected chi connectivity index (χ0v) is 17.2. The lowest BCUT2D eigenvalue weighted by Gasteiger charge is -2.37. The van der Waals surface area contributed by atoms with Gasteiger partial charge in [-0.1, -0.05) is 31.6 Å². The van der Waals surface area contributed by atoms with Crippen molar-refractivity contribution in [1.29, 1.82) is 0 Å². The van der Waals surface area contributed by atoms with Gasteiger partial charge in [-0.15, -0.1) is 6.58 Å². The lowest BCUT2D eigenvalue weighted by molar-refractivity contribution is 0.186. The van der Waals surface area contributed by atoms with Gasteiger partial charge < -0.3 is 5.32 Å². The van der Waals surface area contributed by atoms with Gasteiger partial charge in [-0.3, -0.25) is 0 Å². The molecule has 7 heteroatoms. The number of hydrogen-bond acceptors (Lipinski definition) is 5. The van der Waals surface area contributed by atoms with Gasteiger partial charge in [0.25, 0.3) is 0 Å². The minimum atomic E-state index is -3.41. The molecular formula is C19H29NO4S2. The third-order valence-electron chi connectivity index (χ3n) is 5.57. The molecule has 0 amide bonds. The largest absolute Gasteiger partial charge is 0.317 e. The molecule has 1 saturated heterocycles. The first-order valence-electron chi connectivity index (χ1n) is 8.98. The Kier molecular flexibility index (Phi) is 6.69. The summed E-state index contributed by atoms with van der Waals surface area (Å²) in [5.74, 6) is 0.116. The normalized spacial score (nSPS) is 19.0. The number of nitrogens with one attached hydrogen (secondary N) is 1. The molecule has 1 fully saturated rings. The first kappa shape index (κ1) is 21.1. The SMILES string of the molecule is C=CC(c1ccc(S(C)(=O)=O)cc1)S(=O)(=O)CCC1(CC)CCNCC1. The fraction of sp³-hybridized carbons (Fsp3) is 0.579. The van der Waals surface area contributed by atoms with Gasteiger partial charge in [0.2, 0.25) is 0 Å². The second-order valence-corrected chi connectivity index (χ2v) is 11.5. The molecule has 1 N–H and O–H groups in total. The predicted molar refractivity (Wildman–Crippen MR) is 106 cm³/mol. The van der Waals surface area contributed by atoms with Crippen LogP contribution in [0.5, 0.6) is 0 Å². The van der Waals surface area contributed by atoms with E-state index < -0.39 is 24.9 Å². The summed E-state index contributed by atoms with van der Waals surface area (Å²) >= 11 is 0. The highest BCUT2D eigenvalue weighted by Gasteiger charge is 2.33. The zero-order chi connectivity index (χ0) is 19.4. The number of benzene rings is 1. The lowest BCUT2D eigenvalue weighted by Crippen LogP contribution is -2.37. The van der Waals surface area contributed by atoms with Crippen molar-refractivity contribution >= 4 is 19.7 Å². The fourth-order valence-electron chi connectivity index (χ4n) is 3.62. The molecule has 1 unspecified atom stereocenters. The zero-order valence-electron chi connectivity index (χ0n) is 15.6. The summed E-state index contributed by atoms with van der Waals surface area (Å²) in [5, 5.41) is 2.52. The molecule has 0 aliphatic carbocycles. The smallest absolute Gasteiger partial charge is 0.175 e. The van der Waals surface area contributed by atoms with Crippen molar-refractivity contribution in [3.8, 4) is 0 Å². The van der Waals surface area contributed by atoms with Crippen molar-refractivity contribution < 1.29 is 16.8 Å². The van der Waals surface area contributed by atoms with Crippen LogP contribution in [-0.4, -0.2) is 41.9 Å². The Labute approximate surface area is 157 Å². The van der Waals surface area contributed by atoms with Crippen LogP contribution in [-0.2, 0) is 19.7 Å². The van der Waals surface area contributed by atoms with Gasteiger partial charge in [-0.25, -0.2) is 16.8 Å². The Morgan fingerprint density at radius 3 is 2.19 bits per heavy atom. The molecule has 26 heavy (non-hydrogen) atoms. The molecule has 0 spiro atoms. The third-order valence-corrected chi connectivity index (χ3v) is 8.71. The molecule has 1 aromatic carbocycles. The highest BCUT2D eigenvalue weighted by molar-refractivity contribution is 7.91. The van der Waals surface area contributed by atoms with Crippen molar-refractivity contribution in [1.82, 2.24) is 5.32 Å². The third kappa shape index (κ3) is 4.96. The van der Waals surface area contributed by atoms with Gasteiger partial charge >= 0.3 is 0 Å². The van der Waals surface area contributed by atoms with Gasteiger partial charge in [0.05, 0.1) is 10.6 Å². The van der Waals surface area contributed by atoms with E-state index in [0.717, 1.165) is 38.6 Å². The van der Waals surface area contributed by atoms with Gasteiger partial charge in [-0.2, -0.15) is 0 Å². The van der Waals surface area contributed by atoms with E-state index >= 15 is 0 Å². The van der Waals surface area contributed by atoms with Crippen molar-refractivity contribution in [2.45, 2.75) is 42.8 Å². The Balaban J connectivity index is 2.18. The van der Waals surface area contributed by atoms with Gasteiger partial charge in [0, 0.05) is 6.26 Å². The Hall–Kier alpha value is -1.18. The first-order chi connectivity index (χ1) is 12.1. The molecule has 1 aliphatic heterocycles. The molecule has 0 saturated carbocycles. The molecule has 1 aliphatic rings. The van der Waals surface area contributed by atoms with Crippen LogP contribution in [0.3, 0.4) is 0 Å². The van der Waals surface area contributed by atoms with Gasteiger partial charge in [0.15, 0.2) is 19.7 Å². The van der Waals surface area contributed by atoms with Crippen molar-refractivity contribution in [2.24, 2.45) is 5.41 Å². The summed E-state index contributed by atoms with van der Waals surface area (Å²) in [4.78, 5) is 0.182. The molecule has 5 nitrogen and oxygen atoms in total. The molecule has 0 radical (unpaired) electrons. The Bertz CT molecular complexity index is 821. The van der Waals surface area contributed by atoms with Crippen LogP contribution >= 0.6 is 0 Å². The monoisotopic (exact) mass is 399 g/mol. The van der Waals surface area contributed by atoms with Crippen LogP contribution in [0.2, 0.25) is 0 Å². The molecule has 146 valence electrons. The predicted octanol–water partition coefficient (Wildman–Crippen LogP) is 2.90. The van der Waals surface area contributed by atoms with Crippen molar-refractivity contribution in [3.05, 3.63) is 42.5 Å². The van der Waals surface area contributed by atoms with Crippen LogP contribution in [0.15, 0.2) is 41.8 Å². The summed E-state index contributed by atoms with van der Waals surface area (Å²) in [5.41, 5.74) is 0.646. The second-order valence-electron chi connectivity index (χ2n) is 7.22. The molecule has 1 aromatic rings. The maximum atomic E-state index is 12.9. The van der Waals surface area contributed by atoms with Crippen LogP contribution in [0.1, 0.15) is 43.4 Å². The molecule has 1 atom stereocenters. The van der Waals surface area contributed by atoms with E-state index in [-0.39, 0.29) is 16.1 Å². The molecular weight excluding hydrogens is 370 g/mol. The lowest BCUT2D eigenvalue weighted by atomic mass is 9.75. The van der Waals surface area contributed by atoms with E-state index in [1.807, 2.05) is 0 Å². The van der Waals surface area contributed by atoms with Crippen molar-refractivity contribution in [3.63, 3.8) is 0 Å². The average Bonchev–Trinajstić information content (AvgIpc) is 2.61. The molecule has 1 heterocycles. The van der Waals surface area contributed by atoms with Crippen LogP contribution in [0, 0.1) is 5.41 Å². The first-order valence-corrected chi connectivity index (χ1v) is 12.6. The highest BCUT2D eigenvalue weighted by atomic mass is 32.2. The molecule has 0 aromatic heterocycles. The minimum Gasteiger partial charge on any atom is -0.317 e. The highest BCUT2D eigenvalue weighted by Crippen LogP contribution is 2.38. The Morgan fingerprint density at radius 1 is 1.15 bits per heavy atom. The average molecular weight is 400 g/mol. The molecule has 0 bridgehead atoms. The summed E-state index contributed by atoms with van der Waals surface area (Å²) in [6.45, 7) is 7.70. The van der Waals surface area contributed by atoms with Crippen molar-refractivity contribution in [2.75, 3.05) is 25.1 Å². The topological polar surface area (TPSA) is 80.3 Å². The number of hydrogen-bond donors (Lipinski definition) is 1. The number of piperidine rings is 1. The van der Waals surface area contributed by atoms with Gasteiger partial charge in [0.1, 0.15) is 5.25 Å². The standard InChI is InChI=1S/C19H29NO4S2/c1-4-18(16-6-8-17(9-7-16)25(3,21)22)26(23,24)15-12-19(5-2)10-13-20-14-11-19/h4,6-9,18,20H,1,5,10-15H2,2-3H3. The van der Waals surface area contributed by atoms with E-state index in [9.17, 15) is 16.8 Å². The maximum Gasteiger partial charge on any atom is 0.175 e. The van der Waals surface area contributed by atoms with E-state index in [4.69, 9.17) is 0 Å². The van der Waals surface area contributed by atoms with E-state index in [1.54, 1.807) is 12.1 Å². The van der Waals surface area contributed by atoms with Crippen LogP contribution in [0.25, 0.3) is 0 Å². The maximum absolute atomic E-state index is 12.9. The number of rotatable bonds is 8. The summed E-state index contributed by atoms with van der Waals surface area (Å²) < 4.78 is 49.0. The van der Waals surface area contributed by atoms with Gasteiger partial charge in [-0.05, 0) is 55.5 Å². The fourth-order valence-corrected chi connectivity index (χ4v) is 6.08. The summed E-state index contributed by atoms with van der Waals surface area (Å²) in [6.07, 6.45) is 6.20. The minimum absolute atomic E-state index is 0.0875. The summed E-state index contributed by atoms with van der Waals surface area (Å²) in [6, 6.07) is 6.05. The number of sulfone groups is 2. The molecule has 2 rings (SSSR count). The van der Waals surface area contributed by atoms with Crippen LogP contribution in [0.4, 0.5) is 0 Å². The Morgan fingerprint density at radius 2 is 1.73 bits per heavy atom. The van der Waals surface area contributed by atoms with E-state index in [2.05, 4.69) is 18.8 Å². The van der Waals surface area contributed by atoms with E-state index in [1.165, 1.54) is 18.2 Å². The summed E-state index contributed by atoms with van der Waals surface area (Å²) in [7, 11) is -6.71. The quantitative estimate of drug-likeness (QED) is 0.680. The van der Waals surface area contributed by atoms with E-state index in [0.29, 0.717) is 12.0 Å². The second kappa shape index (κ2) is 8.23. The van der Waals surface area contributed by atoms with Crippen LogP contribution < -0.4 is 5.32 Å².